The van der Waals surface area contributed by atoms with E-state index in [9.17, 15) is 4.79 Å². The third-order valence-corrected chi connectivity index (χ3v) is 12.5. The van der Waals surface area contributed by atoms with Crippen LogP contribution in [0.25, 0.3) is 108 Å². The molecule has 4 aromatic heterocycles. The van der Waals surface area contributed by atoms with Crippen LogP contribution in [0.1, 0.15) is 0 Å². The zero-order valence-corrected chi connectivity index (χ0v) is 29.2. The van der Waals surface area contributed by atoms with Crippen LogP contribution in [-0.2, 0) is 0 Å². The number of thiophene rings is 1. The molecular formula is C49H28N2OS. The first-order valence-corrected chi connectivity index (χ1v) is 18.8. The van der Waals surface area contributed by atoms with Gasteiger partial charge in [-0.3, -0.25) is 9.20 Å². The lowest BCUT2D eigenvalue weighted by Crippen LogP contribution is -2.12. The molecule has 246 valence electrons. The number of rotatable bonds is 3. The van der Waals surface area contributed by atoms with Crippen LogP contribution in [0.4, 0.5) is 0 Å². The summed E-state index contributed by atoms with van der Waals surface area (Å²) in [5.41, 5.74) is 10.2. The summed E-state index contributed by atoms with van der Waals surface area (Å²) in [4.78, 5) is 13.8. The van der Waals surface area contributed by atoms with E-state index in [1.807, 2.05) is 33.9 Å². The summed E-state index contributed by atoms with van der Waals surface area (Å²) in [7, 11) is 0. The molecule has 0 unspecified atom stereocenters. The van der Waals surface area contributed by atoms with E-state index >= 15 is 0 Å². The number of aromatic nitrogens is 2. The Morgan fingerprint density at radius 2 is 0.981 bits per heavy atom. The molecule has 4 heteroatoms. The molecule has 12 aromatic rings. The summed E-state index contributed by atoms with van der Waals surface area (Å²) in [6, 6.07) is 60.8. The van der Waals surface area contributed by atoms with Crippen molar-refractivity contribution in [2.24, 2.45) is 0 Å². The van der Waals surface area contributed by atoms with Gasteiger partial charge in [-0.05, 0) is 82.2 Å². The van der Waals surface area contributed by atoms with Crippen LogP contribution < -0.4 is 5.56 Å². The second-order valence-corrected chi connectivity index (χ2v) is 15.1. The van der Waals surface area contributed by atoms with Crippen molar-refractivity contribution in [3.8, 4) is 27.9 Å². The van der Waals surface area contributed by atoms with Gasteiger partial charge in [0.1, 0.15) is 0 Å². The van der Waals surface area contributed by atoms with Crippen LogP contribution in [0.5, 0.6) is 0 Å². The highest BCUT2D eigenvalue weighted by Crippen LogP contribution is 2.42. The van der Waals surface area contributed by atoms with Crippen molar-refractivity contribution in [1.29, 1.82) is 0 Å². The van der Waals surface area contributed by atoms with Crippen LogP contribution in [0.15, 0.2) is 175 Å². The van der Waals surface area contributed by atoms with E-state index in [0.29, 0.717) is 0 Å². The molecule has 0 fully saturated rings. The number of fused-ring (bicyclic) bond motifs is 11. The summed E-state index contributed by atoms with van der Waals surface area (Å²) >= 11 is 1.88. The largest absolute Gasteiger partial charge is 0.309 e. The minimum absolute atomic E-state index is 0.0341. The van der Waals surface area contributed by atoms with Gasteiger partial charge in [0, 0.05) is 58.2 Å². The molecule has 0 saturated carbocycles. The first-order chi connectivity index (χ1) is 26.2. The molecule has 0 spiro atoms. The van der Waals surface area contributed by atoms with Gasteiger partial charge in [0.2, 0.25) is 0 Å². The number of nitrogens with zero attached hydrogens (tertiary/aromatic N) is 2. The molecular weight excluding hydrogens is 665 g/mol. The van der Waals surface area contributed by atoms with Gasteiger partial charge in [0.15, 0.2) is 0 Å². The molecule has 0 saturated heterocycles. The fraction of sp³-hybridized carbons (Fsp3) is 0. The Bertz CT molecular complexity index is 3530. The molecule has 12 rings (SSSR count). The standard InChI is InChI=1S/C49H28N2OS/c52-49-40-12-2-1-9-34(40)37-14-8-15-38-42-27-30(21-25-45(42)51(49)47(37)38)29-19-23-32(24-20-29)50-43-17-5-3-10-35(43)41-28-31(22-26-44(41)50)33-13-7-16-39-36-11-4-6-18-46(36)53-48(33)39/h1-28H. The van der Waals surface area contributed by atoms with Crippen LogP contribution in [0, 0.1) is 0 Å². The maximum absolute atomic E-state index is 13.8. The first kappa shape index (κ1) is 28.9. The fourth-order valence-electron chi connectivity index (χ4n) is 8.90. The maximum atomic E-state index is 13.8. The van der Waals surface area contributed by atoms with Gasteiger partial charge in [-0.2, -0.15) is 0 Å². The normalized spacial score (nSPS) is 12.2. The Morgan fingerprint density at radius 1 is 0.396 bits per heavy atom. The van der Waals surface area contributed by atoms with Gasteiger partial charge in [-0.25, -0.2) is 0 Å². The monoisotopic (exact) mass is 692 g/mol. The Morgan fingerprint density at radius 3 is 1.85 bits per heavy atom. The smallest absolute Gasteiger partial charge is 0.263 e. The van der Waals surface area contributed by atoms with Crippen molar-refractivity contribution in [1.82, 2.24) is 8.97 Å². The summed E-state index contributed by atoms with van der Waals surface area (Å²) in [5, 5.41) is 10.2. The molecule has 0 bridgehead atoms. The highest BCUT2D eigenvalue weighted by atomic mass is 32.1. The molecule has 0 aliphatic carbocycles. The third-order valence-electron chi connectivity index (χ3n) is 11.3. The molecule has 3 nitrogen and oxygen atoms in total. The summed E-state index contributed by atoms with van der Waals surface area (Å²) in [5.74, 6) is 0. The second kappa shape index (κ2) is 10.6. The number of benzene rings is 8. The van der Waals surface area contributed by atoms with Crippen LogP contribution >= 0.6 is 11.3 Å². The Hall–Kier alpha value is -6.75. The number of hydrogen-bond donors (Lipinski definition) is 0. The van der Waals surface area contributed by atoms with Crippen molar-refractivity contribution in [2.45, 2.75) is 0 Å². The lowest BCUT2D eigenvalue weighted by Gasteiger charge is -2.10. The lowest BCUT2D eigenvalue weighted by molar-refractivity contribution is 1.18. The van der Waals surface area contributed by atoms with E-state index in [0.717, 1.165) is 54.8 Å². The Balaban J connectivity index is 0.989. The van der Waals surface area contributed by atoms with Gasteiger partial charge >= 0.3 is 0 Å². The second-order valence-electron chi connectivity index (χ2n) is 14.0. The summed E-state index contributed by atoms with van der Waals surface area (Å²) in [6.07, 6.45) is 0. The minimum Gasteiger partial charge on any atom is -0.309 e. The summed E-state index contributed by atoms with van der Waals surface area (Å²) in [6.45, 7) is 0. The average molecular weight is 693 g/mol. The van der Waals surface area contributed by atoms with Gasteiger partial charge in [-0.15, -0.1) is 11.3 Å². The molecule has 0 N–H and O–H groups in total. The van der Waals surface area contributed by atoms with E-state index in [4.69, 9.17) is 0 Å². The molecule has 53 heavy (non-hydrogen) atoms. The zero-order chi connectivity index (χ0) is 34.8. The predicted octanol–water partition coefficient (Wildman–Crippen LogP) is 13.0. The van der Waals surface area contributed by atoms with E-state index in [1.54, 1.807) is 0 Å². The van der Waals surface area contributed by atoms with E-state index in [2.05, 4.69) is 156 Å². The van der Waals surface area contributed by atoms with E-state index in [1.165, 1.54) is 53.1 Å². The van der Waals surface area contributed by atoms with Crippen LogP contribution in [0.3, 0.4) is 0 Å². The summed E-state index contributed by atoms with van der Waals surface area (Å²) < 4.78 is 6.95. The van der Waals surface area contributed by atoms with Crippen LogP contribution in [0.2, 0.25) is 0 Å². The number of hydrogen-bond acceptors (Lipinski definition) is 2. The van der Waals surface area contributed by atoms with Gasteiger partial charge in [0.25, 0.3) is 5.56 Å². The van der Waals surface area contributed by atoms with E-state index < -0.39 is 0 Å². The van der Waals surface area contributed by atoms with Gasteiger partial charge in [-0.1, -0.05) is 115 Å². The van der Waals surface area contributed by atoms with Gasteiger partial charge in [0.05, 0.1) is 22.1 Å². The predicted molar refractivity (Wildman–Crippen MR) is 225 cm³/mol. The first-order valence-electron chi connectivity index (χ1n) is 18.0. The molecule has 0 radical (unpaired) electrons. The quantitative estimate of drug-likeness (QED) is 0.169. The lowest BCUT2D eigenvalue weighted by atomic mass is 10.0. The Labute approximate surface area is 307 Å². The van der Waals surface area contributed by atoms with Crippen molar-refractivity contribution < 1.29 is 0 Å². The zero-order valence-electron chi connectivity index (χ0n) is 28.4. The van der Waals surface area contributed by atoms with Crippen LogP contribution in [-0.4, -0.2) is 8.97 Å². The van der Waals surface area contributed by atoms with Crippen molar-refractivity contribution in [3.05, 3.63) is 180 Å². The SMILES string of the molecule is O=c1c2ccccc2c2cccc3c4cc(-c5ccc(-n6c7ccccc7c7cc(-c8cccc9c8sc8ccccc89)ccc76)cc5)ccc4n1c23. The average Bonchev–Trinajstić information content (AvgIpc) is 3.88. The maximum Gasteiger partial charge on any atom is 0.263 e. The molecule has 0 aliphatic heterocycles. The highest BCUT2D eigenvalue weighted by molar-refractivity contribution is 7.26. The third kappa shape index (κ3) is 3.96. The minimum atomic E-state index is 0.0341. The fourth-order valence-corrected chi connectivity index (χ4v) is 10.1. The van der Waals surface area contributed by atoms with E-state index in [-0.39, 0.29) is 5.56 Å². The molecule has 0 atom stereocenters. The number of pyridine rings is 1. The van der Waals surface area contributed by atoms with Crippen molar-refractivity contribution in [3.63, 3.8) is 0 Å². The van der Waals surface area contributed by atoms with Crippen molar-refractivity contribution >= 4 is 91.3 Å². The van der Waals surface area contributed by atoms with Crippen molar-refractivity contribution in [2.75, 3.05) is 0 Å². The molecule has 8 aromatic carbocycles. The highest BCUT2D eigenvalue weighted by Gasteiger charge is 2.19. The molecule has 4 heterocycles. The molecule has 0 aliphatic rings. The number of para-hydroxylation sites is 2. The van der Waals surface area contributed by atoms with Gasteiger partial charge < -0.3 is 4.57 Å². The molecule has 0 amide bonds. The topological polar surface area (TPSA) is 26.4 Å². The Kier molecular flexibility index (Phi) is 5.80.